The summed E-state index contributed by atoms with van der Waals surface area (Å²) >= 11 is 9.47. The average molecular weight is 492 g/mol. The zero-order chi connectivity index (χ0) is 21.8. The van der Waals surface area contributed by atoms with Gasteiger partial charge in [-0.25, -0.2) is 9.97 Å². The normalized spacial score (nSPS) is 10.4. The lowest BCUT2D eigenvalue weighted by atomic mass is 10.1. The second kappa shape index (κ2) is 9.06. The zero-order valence-electron chi connectivity index (χ0n) is 15.9. The Balaban J connectivity index is 1.97. The highest BCUT2D eigenvalue weighted by Crippen LogP contribution is 2.27. The summed E-state index contributed by atoms with van der Waals surface area (Å²) in [6, 6.07) is 7.96. The Kier molecular flexibility index (Phi) is 6.48. The Labute approximate surface area is 185 Å². The monoisotopic (exact) mass is 490 g/mol. The minimum atomic E-state index is -0.631. The number of anilines is 1. The van der Waals surface area contributed by atoms with Gasteiger partial charge in [0.2, 0.25) is 11.9 Å². The number of hydrazine groups is 1. The van der Waals surface area contributed by atoms with E-state index in [2.05, 4.69) is 42.1 Å². The maximum absolute atomic E-state index is 13.1. The molecule has 0 aliphatic heterocycles. The molecule has 3 amide bonds. The highest BCUT2D eigenvalue weighted by molar-refractivity contribution is 9.10. The fraction of sp³-hybridized carbons (Fsp3) is 0.105. The smallest absolute Gasteiger partial charge is 0.272 e. The lowest BCUT2D eigenvalue weighted by Crippen LogP contribution is -2.40. The van der Waals surface area contributed by atoms with E-state index >= 15 is 0 Å². The summed E-state index contributed by atoms with van der Waals surface area (Å²) in [6.45, 7) is 2.95. The van der Waals surface area contributed by atoms with Gasteiger partial charge in [-0.15, -0.1) is 0 Å². The number of hydrogen-bond acceptors (Lipinski definition) is 5. The van der Waals surface area contributed by atoms with Gasteiger partial charge in [-0.3, -0.25) is 29.8 Å². The minimum Gasteiger partial charge on any atom is -0.320 e. The van der Waals surface area contributed by atoms with E-state index in [0.29, 0.717) is 21.1 Å². The summed E-state index contributed by atoms with van der Waals surface area (Å²) in [4.78, 5) is 45.0. The van der Waals surface area contributed by atoms with Crippen LogP contribution in [0, 0.1) is 6.92 Å². The molecule has 3 aromatic rings. The Morgan fingerprint density at radius 1 is 1.07 bits per heavy atom. The van der Waals surface area contributed by atoms with Crippen LogP contribution in [0.4, 0.5) is 5.69 Å². The largest absolute Gasteiger partial charge is 0.320 e. The third kappa shape index (κ3) is 4.66. The van der Waals surface area contributed by atoms with E-state index in [1.807, 2.05) is 0 Å². The molecule has 0 radical (unpaired) electrons. The lowest BCUT2D eigenvalue weighted by Gasteiger charge is -2.15. The van der Waals surface area contributed by atoms with Gasteiger partial charge in [0.05, 0.1) is 15.9 Å². The van der Waals surface area contributed by atoms with Crippen molar-refractivity contribution < 1.29 is 14.4 Å². The number of aryl methyl sites for hydroxylation is 1. The minimum absolute atomic E-state index is 0.0928. The van der Waals surface area contributed by atoms with Crippen molar-refractivity contribution in [3.8, 4) is 5.95 Å². The van der Waals surface area contributed by atoms with Crippen LogP contribution in [0.3, 0.4) is 0 Å². The summed E-state index contributed by atoms with van der Waals surface area (Å²) < 4.78 is 2.10. The van der Waals surface area contributed by atoms with Gasteiger partial charge in [-0.2, -0.15) is 0 Å². The van der Waals surface area contributed by atoms with Crippen LogP contribution in [0.5, 0.6) is 0 Å². The van der Waals surface area contributed by atoms with E-state index in [0.717, 1.165) is 0 Å². The van der Waals surface area contributed by atoms with E-state index in [1.165, 1.54) is 17.6 Å². The SMILES string of the molecule is CC(=O)NNC(=O)c1cc(Cl)cc(C)c1NC(=O)c1ccc(Br)n1-c1ncccn1. The van der Waals surface area contributed by atoms with Gasteiger partial charge in [-0.1, -0.05) is 11.6 Å². The van der Waals surface area contributed by atoms with Crippen molar-refractivity contribution in [1.82, 2.24) is 25.4 Å². The average Bonchev–Trinajstić information content (AvgIpc) is 3.10. The molecule has 30 heavy (non-hydrogen) atoms. The zero-order valence-corrected chi connectivity index (χ0v) is 18.2. The van der Waals surface area contributed by atoms with Gasteiger partial charge in [0, 0.05) is 24.3 Å². The lowest BCUT2D eigenvalue weighted by molar-refractivity contribution is -0.119. The Bertz CT molecular complexity index is 1130. The first-order valence-corrected chi connectivity index (χ1v) is 9.78. The third-order valence-electron chi connectivity index (χ3n) is 3.95. The van der Waals surface area contributed by atoms with Crippen LogP contribution in [0.2, 0.25) is 5.02 Å². The van der Waals surface area contributed by atoms with Crippen molar-refractivity contribution in [3.63, 3.8) is 0 Å². The van der Waals surface area contributed by atoms with Crippen molar-refractivity contribution in [1.29, 1.82) is 0 Å². The molecular formula is C19H16BrClN6O3. The highest BCUT2D eigenvalue weighted by atomic mass is 79.9. The van der Waals surface area contributed by atoms with Crippen LogP contribution in [-0.2, 0) is 4.79 Å². The van der Waals surface area contributed by atoms with Crippen LogP contribution >= 0.6 is 27.5 Å². The van der Waals surface area contributed by atoms with E-state index < -0.39 is 17.7 Å². The molecule has 3 N–H and O–H groups in total. The van der Waals surface area contributed by atoms with Crippen molar-refractivity contribution in [2.24, 2.45) is 0 Å². The van der Waals surface area contributed by atoms with E-state index in [4.69, 9.17) is 11.6 Å². The number of amides is 3. The van der Waals surface area contributed by atoms with Gasteiger partial charge >= 0.3 is 0 Å². The van der Waals surface area contributed by atoms with Gasteiger partial charge in [-0.05, 0) is 58.7 Å². The maximum atomic E-state index is 13.1. The van der Waals surface area contributed by atoms with E-state index in [9.17, 15) is 14.4 Å². The first-order valence-electron chi connectivity index (χ1n) is 8.61. The molecule has 0 fully saturated rings. The second-order valence-corrected chi connectivity index (χ2v) is 7.41. The molecule has 154 valence electrons. The predicted molar refractivity (Wildman–Crippen MR) is 114 cm³/mol. The first-order chi connectivity index (χ1) is 14.3. The molecule has 0 aliphatic carbocycles. The number of nitrogens with one attached hydrogen (secondary N) is 3. The fourth-order valence-electron chi connectivity index (χ4n) is 2.68. The third-order valence-corrected chi connectivity index (χ3v) is 4.79. The fourth-order valence-corrected chi connectivity index (χ4v) is 3.43. The number of carbonyl (C=O) groups excluding carboxylic acids is 3. The summed E-state index contributed by atoms with van der Waals surface area (Å²) in [6.07, 6.45) is 3.12. The second-order valence-electron chi connectivity index (χ2n) is 6.16. The van der Waals surface area contributed by atoms with Crippen molar-refractivity contribution >= 4 is 50.9 Å². The summed E-state index contributed by atoms with van der Waals surface area (Å²) in [7, 11) is 0. The molecule has 0 bridgehead atoms. The Morgan fingerprint density at radius 3 is 2.43 bits per heavy atom. The van der Waals surface area contributed by atoms with Crippen LogP contribution in [0.25, 0.3) is 5.95 Å². The van der Waals surface area contributed by atoms with Crippen LogP contribution in [0.15, 0.2) is 47.3 Å². The molecule has 2 heterocycles. The summed E-state index contributed by atoms with van der Waals surface area (Å²) in [5.41, 5.74) is 5.63. The molecule has 11 heteroatoms. The molecule has 1 aromatic carbocycles. The molecule has 9 nitrogen and oxygen atoms in total. The molecule has 0 saturated heterocycles. The van der Waals surface area contributed by atoms with Crippen molar-refractivity contribution in [2.45, 2.75) is 13.8 Å². The van der Waals surface area contributed by atoms with Gasteiger partial charge in [0.15, 0.2) is 0 Å². The van der Waals surface area contributed by atoms with Crippen LogP contribution in [-0.4, -0.2) is 32.3 Å². The van der Waals surface area contributed by atoms with Crippen molar-refractivity contribution in [3.05, 3.63) is 69.2 Å². The summed E-state index contributed by atoms with van der Waals surface area (Å²) in [5.74, 6) is -1.27. The van der Waals surface area contributed by atoms with Crippen LogP contribution in [0.1, 0.15) is 33.3 Å². The van der Waals surface area contributed by atoms with Gasteiger partial charge in [0.1, 0.15) is 5.69 Å². The Hall–Kier alpha value is -3.24. The first kappa shape index (κ1) is 21.5. The Morgan fingerprint density at radius 2 is 1.77 bits per heavy atom. The van der Waals surface area contributed by atoms with Crippen molar-refractivity contribution in [2.75, 3.05) is 5.32 Å². The number of rotatable bonds is 4. The number of benzene rings is 1. The van der Waals surface area contributed by atoms with Crippen LogP contribution < -0.4 is 16.2 Å². The van der Waals surface area contributed by atoms with Gasteiger partial charge < -0.3 is 5.32 Å². The molecule has 0 aliphatic rings. The molecule has 0 unspecified atom stereocenters. The van der Waals surface area contributed by atoms with E-state index in [1.54, 1.807) is 43.6 Å². The molecule has 3 rings (SSSR count). The maximum Gasteiger partial charge on any atom is 0.272 e. The number of carbonyl (C=O) groups is 3. The molecule has 0 saturated carbocycles. The van der Waals surface area contributed by atoms with Gasteiger partial charge in [0.25, 0.3) is 11.8 Å². The number of hydrogen-bond donors (Lipinski definition) is 3. The molecule has 0 spiro atoms. The highest BCUT2D eigenvalue weighted by Gasteiger charge is 2.21. The molecular weight excluding hydrogens is 476 g/mol. The number of halogens is 2. The number of nitrogens with zero attached hydrogens (tertiary/aromatic N) is 3. The number of aromatic nitrogens is 3. The molecule has 0 atom stereocenters. The van der Waals surface area contributed by atoms with E-state index in [-0.39, 0.29) is 16.9 Å². The quantitative estimate of drug-likeness (QED) is 0.485. The molecule has 2 aromatic heterocycles. The standard InChI is InChI=1S/C19H16BrClN6O3/c1-10-8-12(21)9-13(17(29)26-25-11(2)28)16(10)24-18(30)14-4-5-15(20)27(14)19-22-6-3-7-23-19/h3-9H,1-2H3,(H,24,30)(H,25,28)(H,26,29). The summed E-state index contributed by atoms with van der Waals surface area (Å²) in [5, 5.41) is 3.05. The topological polar surface area (TPSA) is 118 Å². The predicted octanol–water partition coefficient (Wildman–Crippen LogP) is 3.02.